The molecule has 74 valence electrons. The van der Waals surface area contributed by atoms with Gasteiger partial charge in [0.2, 0.25) is 0 Å². The third-order valence-corrected chi connectivity index (χ3v) is 3.56. The molecule has 1 aromatic rings. The van der Waals surface area contributed by atoms with Crippen LogP contribution in [0.4, 0.5) is 0 Å². The van der Waals surface area contributed by atoms with Crippen LogP contribution in [0.2, 0.25) is 0 Å². The number of hydrogen-bond acceptors (Lipinski definition) is 1. The lowest BCUT2D eigenvalue weighted by atomic mass is 9.89. The van der Waals surface area contributed by atoms with Gasteiger partial charge in [0.1, 0.15) is 5.75 Å². The van der Waals surface area contributed by atoms with E-state index in [1.165, 1.54) is 10.9 Å². The summed E-state index contributed by atoms with van der Waals surface area (Å²) in [4.78, 5) is 0. The maximum atomic E-state index is 9.73. The van der Waals surface area contributed by atoms with Gasteiger partial charge in [-0.1, -0.05) is 40.2 Å². The second kappa shape index (κ2) is 4.18. The fourth-order valence-corrected chi connectivity index (χ4v) is 2.63. The van der Waals surface area contributed by atoms with Crippen LogP contribution in [0.1, 0.15) is 30.7 Å². The average molecular weight is 253 g/mol. The smallest absolute Gasteiger partial charge is 0.119 e. The number of allylic oxidation sites excluding steroid dienone is 2. The summed E-state index contributed by atoms with van der Waals surface area (Å²) in [5.74, 6) is 0.759. The first kappa shape index (κ1) is 9.78. The Balaban J connectivity index is 2.35. The van der Waals surface area contributed by atoms with Crippen LogP contribution < -0.4 is 0 Å². The molecule has 1 aliphatic rings. The highest BCUT2D eigenvalue weighted by molar-refractivity contribution is 9.11. The molecule has 0 radical (unpaired) electrons. The van der Waals surface area contributed by atoms with Gasteiger partial charge in [-0.05, 0) is 29.8 Å². The van der Waals surface area contributed by atoms with Crippen LogP contribution in [-0.4, -0.2) is 5.11 Å². The van der Waals surface area contributed by atoms with Crippen molar-refractivity contribution in [1.82, 2.24) is 0 Å². The van der Waals surface area contributed by atoms with Crippen LogP contribution in [0.15, 0.2) is 34.8 Å². The summed E-state index contributed by atoms with van der Waals surface area (Å²) in [5.41, 5.74) is 1.04. The van der Waals surface area contributed by atoms with E-state index in [0.717, 1.165) is 18.4 Å². The summed E-state index contributed by atoms with van der Waals surface area (Å²) >= 11 is 3.58. The normalized spacial score (nSPS) is 21.8. The van der Waals surface area contributed by atoms with Gasteiger partial charge in [-0.2, -0.15) is 0 Å². The van der Waals surface area contributed by atoms with Gasteiger partial charge in [-0.25, -0.2) is 0 Å². The van der Waals surface area contributed by atoms with Crippen molar-refractivity contribution < 1.29 is 5.11 Å². The standard InChI is InChI=1S/C12H13BrO/c13-11-7-3-1-5-9(11)10-6-2-4-8-12(10)14/h2,4,6-9,14H,1,3,5H2. The highest BCUT2D eigenvalue weighted by Crippen LogP contribution is 2.40. The molecule has 2 rings (SSSR count). The van der Waals surface area contributed by atoms with E-state index in [9.17, 15) is 5.11 Å². The molecule has 0 heterocycles. The van der Waals surface area contributed by atoms with Gasteiger partial charge in [0.25, 0.3) is 0 Å². The molecule has 0 fully saturated rings. The SMILES string of the molecule is Oc1ccccc1C1CCCC=C1Br. The molecule has 2 heteroatoms. The lowest BCUT2D eigenvalue weighted by Crippen LogP contribution is -2.03. The molecule has 1 aliphatic carbocycles. The summed E-state index contributed by atoms with van der Waals surface area (Å²) in [5, 5.41) is 9.73. The van der Waals surface area contributed by atoms with Gasteiger partial charge in [0.05, 0.1) is 0 Å². The van der Waals surface area contributed by atoms with E-state index >= 15 is 0 Å². The van der Waals surface area contributed by atoms with Crippen LogP contribution in [0.25, 0.3) is 0 Å². The minimum Gasteiger partial charge on any atom is -0.508 e. The second-order valence-electron chi connectivity index (χ2n) is 3.63. The first-order valence-electron chi connectivity index (χ1n) is 4.92. The van der Waals surface area contributed by atoms with Gasteiger partial charge in [0, 0.05) is 11.5 Å². The first-order valence-corrected chi connectivity index (χ1v) is 5.72. The van der Waals surface area contributed by atoms with Crippen molar-refractivity contribution in [2.45, 2.75) is 25.2 Å². The summed E-state index contributed by atoms with van der Waals surface area (Å²) < 4.78 is 1.21. The van der Waals surface area contributed by atoms with E-state index in [1.807, 2.05) is 18.2 Å². The Labute approximate surface area is 92.6 Å². The third-order valence-electron chi connectivity index (χ3n) is 2.68. The van der Waals surface area contributed by atoms with Crippen LogP contribution in [0.3, 0.4) is 0 Å². The Morgan fingerprint density at radius 3 is 2.79 bits per heavy atom. The highest BCUT2D eigenvalue weighted by atomic mass is 79.9. The zero-order chi connectivity index (χ0) is 9.97. The van der Waals surface area contributed by atoms with Gasteiger partial charge in [-0.3, -0.25) is 0 Å². The Hall–Kier alpha value is -0.760. The highest BCUT2D eigenvalue weighted by Gasteiger charge is 2.19. The monoisotopic (exact) mass is 252 g/mol. The van der Waals surface area contributed by atoms with Crippen LogP contribution in [-0.2, 0) is 0 Å². The largest absolute Gasteiger partial charge is 0.508 e. The molecule has 0 spiro atoms. The van der Waals surface area contributed by atoms with Crippen LogP contribution in [0.5, 0.6) is 5.75 Å². The molecule has 14 heavy (non-hydrogen) atoms. The first-order chi connectivity index (χ1) is 6.79. The fraction of sp³-hybridized carbons (Fsp3) is 0.333. The molecule has 0 aromatic heterocycles. The molecular weight excluding hydrogens is 240 g/mol. The zero-order valence-electron chi connectivity index (χ0n) is 7.91. The van der Waals surface area contributed by atoms with Gasteiger partial charge >= 0.3 is 0 Å². The van der Waals surface area contributed by atoms with E-state index in [1.54, 1.807) is 6.07 Å². The van der Waals surface area contributed by atoms with Crippen LogP contribution in [0, 0.1) is 0 Å². The second-order valence-corrected chi connectivity index (χ2v) is 4.55. The lowest BCUT2D eigenvalue weighted by molar-refractivity contribution is 0.461. The molecule has 1 nitrogen and oxygen atoms in total. The van der Waals surface area contributed by atoms with E-state index in [0.29, 0.717) is 11.7 Å². The Kier molecular flexibility index (Phi) is 2.92. The lowest BCUT2D eigenvalue weighted by Gasteiger charge is -2.21. The van der Waals surface area contributed by atoms with Crippen molar-refractivity contribution >= 4 is 15.9 Å². The molecule has 0 amide bonds. The van der Waals surface area contributed by atoms with Crippen molar-refractivity contribution in [1.29, 1.82) is 0 Å². The van der Waals surface area contributed by atoms with E-state index in [2.05, 4.69) is 22.0 Å². The minimum atomic E-state index is 0.352. The number of phenols is 1. The van der Waals surface area contributed by atoms with Crippen molar-refractivity contribution in [2.75, 3.05) is 0 Å². The number of benzene rings is 1. The van der Waals surface area contributed by atoms with E-state index in [4.69, 9.17) is 0 Å². The Morgan fingerprint density at radius 1 is 1.29 bits per heavy atom. The number of rotatable bonds is 1. The molecule has 0 bridgehead atoms. The van der Waals surface area contributed by atoms with Gasteiger partial charge in [-0.15, -0.1) is 0 Å². The third kappa shape index (κ3) is 1.85. The maximum absolute atomic E-state index is 9.73. The summed E-state index contributed by atoms with van der Waals surface area (Å²) in [7, 11) is 0. The summed E-state index contributed by atoms with van der Waals surface area (Å²) in [6.45, 7) is 0. The van der Waals surface area contributed by atoms with Gasteiger partial charge < -0.3 is 5.11 Å². The van der Waals surface area contributed by atoms with Crippen molar-refractivity contribution in [3.63, 3.8) is 0 Å². The summed E-state index contributed by atoms with van der Waals surface area (Å²) in [6.07, 6.45) is 5.67. The average Bonchev–Trinajstić information content (AvgIpc) is 2.20. The summed E-state index contributed by atoms with van der Waals surface area (Å²) in [6, 6.07) is 7.59. The predicted octanol–water partition coefficient (Wildman–Crippen LogP) is 3.94. The Bertz CT molecular complexity index is 357. The molecule has 0 saturated heterocycles. The van der Waals surface area contributed by atoms with Crippen LogP contribution >= 0.6 is 15.9 Å². The van der Waals surface area contributed by atoms with Gasteiger partial charge in [0.15, 0.2) is 0 Å². The molecular formula is C12H13BrO. The van der Waals surface area contributed by atoms with Crippen molar-refractivity contribution in [3.05, 3.63) is 40.4 Å². The van der Waals surface area contributed by atoms with E-state index < -0.39 is 0 Å². The minimum absolute atomic E-state index is 0.352. The Morgan fingerprint density at radius 2 is 2.07 bits per heavy atom. The van der Waals surface area contributed by atoms with Crippen molar-refractivity contribution in [3.8, 4) is 5.75 Å². The molecule has 0 saturated carbocycles. The number of aromatic hydroxyl groups is 1. The number of phenolic OH excluding ortho intramolecular Hbond substituents is 1. The molecule has 1 N–H and O–H groups in total. The molecule has 1 unspecified atom stereocenters. The molecule has 1 aromatic carbocycles. The maximum Gasteiger partial charge on any atom is 0.119 e. The molecule has 1 atom stereocenters. The predicted molar refractivity (Wildman–Crippen MR) is 61.7 cm³/mol. The van der Waals surface area contributed by atoms with E-state index in [-0.39, 0.29) is 0 Å². The van der Waals surface area contributed by atoms with Crippen molar-refractivity contribution in [2.24, 2.45) is 0 Å². The molecule has 0 aliphatic heterocycles. The fourth-order valence-electron chi connectivity index (χ4n) is 1.93. The topological polar surface area (TPSA) is 20.2 Å². The number of hydrogen-bond donors (Lipinski definition) is 1. The quantitative estimate of drug-likeness (QED) is 0.803. The number of para-hydroxylation sites is 1. The number of halogens is 1. The zero-order valence-corrected chi connectivity index (χ0v) is 9.50.